The van der Waals surface area contributed by atoms with E-state index in [1.807, 2.05) is 13.8 Å². The number of nitrogens with two attached hydrogens (primary N) is 2. The molecule has 0 aromatic heterocycles. The highest BCUT2D eigenvalue weighted by atomic mass is 35.5. The zero-order valence-corrected chi connectivity index (χ0v) is 65.0. The number of aliphatic hydroxyl groups is 8. The molecule has 6 aromatic carbocycles. The molecule has 2 saturated heterocycles. The van der Waals surface area contributed by atoms with Gasteiger partial charge in [-0.05, 0) is 157 Å². The van der Waals surface area contributed by atoms with Gasteiger partial charge in [-0.1, -0.05) is 93.2 Å². The summed E-state index contributed by atoms with van der Waals surface area (Å²) in [6.07, 6.45) is -16.0. The lowest BCUT2D eigenvalue weighted by Gasteiger charge is -2.47. The van der Waals surface area contributed by atoms with Crippen LogP contribution in [0.1, 0.15) is 154 Å². The maximum Gasteiger partial charge on any atom is 0.330 e. The molecule has 22 N–H and O–H groups in total. The number of aliphatic hydroxyl groups excluding tert-OH is 6. The van der Waals surface area contributed by atoms with Crippen LogP contribution in [0.5, 0.6) is 34.5 Å². The van der Waals surface area contributed by atoms with Crippen molar-refractivity contribution in [3.05, 3.63) is 158 Å². The van der Waals surface area contributed by atoms with Crippen LogP contribution in [-0.4, -0.2) is 191 Å². The van der Waals surface area contributed by atoms with E-state index in [2.05, 4.69) is 49.5 Å². The van der Waals surface area contributed by atoms with E-state index >= 15 is 14.4 Å². The van der Waals surface area contributed by atoms with Crippen molar-refractivity contribution in [3.63, 3.8) is 0 Å². The van der Waals surface area contributed by atoms with Crippen LogP contribution in [0.25, 0.3) is 11.1 Å². The topological polar surface area (TPSA) is 560 Å². The summed E-state index contributed by atoms with van der Waals surface area (Å²) in [6.45, 7) is 7.67. The number of ether oxygens (including phenoxy) is 6. The standard InChI is InChI=1S/C79H92Cl2N10O25/c1-7-8-9-10-35-11-16-40(17-12-35)85-77(108)88-56(95)29-49-72(103)90-61-39-25-53(112-51-19-14-36(23-46(51)80)50(94)30-57(96)87-62(75(106)107)43-27-41(93)28-45-59(43)42-22-37(13-18-44(42)79(45,109)110)60(70(82)101)89-73(61)104)67(116-76-68(66(99)65(98)55(32-92)114-76)115-58-31-78(5,83)69(100)34(4)111-58)54(26-39)113-52-20-15-38(24-47(52)81)64(97)63(74(105)86-49)91-71(102)48(84-6)21-33(2)3/h11-20,22-28,33-34,48-50,55,58,60-66,68-69,76,84,92-94,97-100,109-110H,7-10,21,29-32,83H2,1-6H3,(H2,82,101)(H,86,105)(H,87,96)(H,89,104)(H,90,103)(H,91,102)(H,106,107)(H2,85,88,95,108). The number of carbonyl (C=O) groups is 9. The van der Waals surface area contributed by atoms with Crippen LogP contribution in [0.2, 0.25) is 10.0 Å². The molecular weight excluding hydrogens is 1560 g/mol. The van der Waals surface area contributed by atoms with Crippen LogP contribution in [0.3, 0.4) is 0 Å². The SMILES string of the molecule is CCCCCc1ccc(NC(=O)NC(=O)CC2NC(=O)C(NC(=O)C(CC(C)C)NC)C(O)c3ccc(c(Cl)c3)Oc3cc4cc(c3OC3OC(CO)C(O)C(O)C3OC3CC(C)(N)C(O)C(C)O3)Oc3ccc(cc3Cl)C(O)CC(=O)NC(C(=O)O)c3cc(O)cc5c3-c3cc(ccc3C5(O)O)C(C(N)=O)NC(=O)C4NC2=O)cc1. The fourth-order valence-corrected chi connectivity index (χ4v) is 15.0. The first-order valence-corrected chi connectivity index (χ1v) is 38.1. The highest BCUT2D eigenvalue weighted by Gasteiger charge is 2.52. The maximum atomic E-state index is 16.2. The Morgan fingerprint density at radius 2 is 1.40 bits per heavy atom. The Bertz CT molecular complexity index is 4750. The third-order valence-corrected chi connectivity index (χ3v) is 21.2. The number of benzene rings is 6. The molecule has 0 saturated carbocycles. The third-order valence-electron chi connectivity index (χ3n) is 20.7. The van der Waals surface area contributed by atoms with Gasteiger partial charge in [-0.25, -0.2) is 9.59 Å². The number of hydrogen-bond donors (Lipinski definition) is 20. The number of halogens is 2. The quantitative estimate of drug-likeness (QED) is 0.0409. The van der Waals surface area contributed by atoms with Crippen molar-refractivity contribution in [3.8, 4) is 45.6 Å². The van der Waals surface area contributed by atoms with Gasteiger partial charge in [0.15, 0.2) is 29.9 Å². The lowest BCUT2D eigenvalue weighted by molar-refractivity contribution is -0.333. The van der Waals surface area contributed by atoms with Crippen molar-refractivity contribution in [1.82, 2.24) is 37.2 Å². The number of unbranched alkanes of at least 4 members (excludes halogenated alkanes) is 2. The molecule has 7 aliphatic rings. The fraction of sp³-hybridized carbons (Fsp3) is 0.430. The third kappa shape index (κ3) is 19.2. The molecule has 116 heavy (non-hydrogen) atoms. The molecule has 9 amide bonds. The first-order valence-electron chi connectivity index (χ1n) is 37.3. The summed E-state index contributed by atoms with van der Waals surface area (Å²) in [4.78, 5) is 132. The zero-order chi connectivity index (χ0) is 84.3. The summed E-state index contributed by atoms with van der Waals surface area (Å²) in [5.74, 6) is -17.5. The van der Waals surface area contributed by atoms with Gasteiger partial charge < -0.3 is 128 Å². The number of aryl methyl sites for hydroxylation is 1. The van der Waals surface area contributed by atoms with Gasteiger partial charge in [0.2, 0.25) is 59.2 Å². The number of rotatable bonds is 19. The highest BCUT2D eigenvalue weighted by Crippen LogP contribution is 2.53. The number of phenols is 1. The second-order valence-corrected chi connectivity index (χ2v) is 30.7. The summed E-state index contributed by atoms with van der Waals surface area (Å²) >= 11 is 14.2. The van der Waals surface area contributed by atoms with Gasteiger partial charge in [0, 0.05) is 28.8 Å². The number of hydrogen-bond acceptors (Lipinski definition) is 26. The molecule has 13 rings (SSSR count). The van der Waals surface area contributed by atoms with Crippen LogP contribution < -0.4 is 68.2 Å². The van der Waals surface area contributed by atoms with E-state index in [4.69, 9.17) is 63.1 Å². The average molecular weight is 1650 g/mol. The van der Waals surface area contributed by atoms with E-state index in [0.29, 0.717) is 0 Å². The molecule has 0 radical (unpaired) electrons. The molecule has 622 valence electrons. The maximum absolute atomic E-state index is 16.2. The van der Waals surface area contributed by atoms with Crippen LogP contribution in [0, 0.1) is 5.92 Å². The number of carboxylic acid groups (broad SMARTS) is 1. The number of imide groups is 1. The van der Waals surface area contributed by atoms with E-state index in [9.17, 15) is 79.8 Å². The number of nitrogens with one attached hydrogen (secondary N) is 8. The Hall–Kier alpha value is -10.2. The highest BCUT2D eigenvalue weighted by molar-refractivity contribution is 6.32. The van der Waals surface area contributed by atoms with E-state index in [0.717, 1.165) is 91.9 Å². The molecule has 6 aromatic rings. The van der Waals surface area contributed by atoms with Gasteiger partial charge in [0.1, 0.15) is 65.8 Å². The number of carbonyl (C=O) groups excluding carboxylic acids is 8. The predicted octanol–water partition coefficient (Wildman–Crippen LogP) is 3.17. The number of anilines is 1. The zero-order valence-electron chi connectivity index (χ0n) is 63.5. The predicted molar refractivity (Wildman–Crippen MR) is 411 cm³/mol. The van der Waals surface area contributed by atoms with Crippen molar-refractivity contribution in [2.75, 3.05) is 19.0 Å². The summed E-state index contributed by atoms with van der Waals surface area (Å²) in [5, 5.41) is 134. The second kappa shape index (κ2) is 36.1. The number of aromatic hydroxyl groups is 1. The van der Waals surface area contributed by atoms with Crippen molar-refractivity contribution < 1.29 is 123 Å². The average Bonchev–Trinajstić information content (AvgIpc) is 1.56. The molecule has 6 heterocycles. The van der Waals surface area contributed by atoms with Crippen molar-refractivity contribution in [1.29, 1.82) is 0 Å². The van der Waals surface area contributed by atoms with Crippen molar-refractivity contribution in [2.24, 2.45) is 17.4 Å². The molecule has 1 aliphatic carbocycles. The van der Waals surface area contributed by atoms with Crippen molar-refractivity contribution in [2.45, 2.75) is 195 Å². The molecular formula is C79H92Cl2N10O25. The number of urea groups is 1. The van der Waals surface area contributed by atoms with Crippen LogP contribution in [-0.2, 0) is 64.8 Å². The van der Waals surface area contributed by atoms with E-state index in [-0.39, 0.29) is 58.0 Å². The van der Waals surface area contributed by atoms with Gasteiger partial charge >= 0.3 is 12.0 Å². The number of amides is 9. The fourth-order valence-electron chi connectivity index (χ4n) is 14.5. The van der Waals surface area contributed by atoms with E-state index in [1.54, 1.807) is 24.3 Å². The van der Waals surface area contributed by atoms with Gasteiger partial charge in [-0.3, -0.25) is 38.9 Å². The Kier molecular flexibility index (Phi) is 27.0. The number of phenolic OH excluding ortho intramolecular Hbond substituents is 1. The van der Waals surface area contributed by atoms with E-state index < -0.39 is 243 Å². The summed E-state index contributed by atoms with van der Waals surface area (Å²) in [7, 11) is 1.47. The summed E-state index contributed by atoms with van der Waals surface area (Å²) in [5.41, 5.74) is 9.32. The minimum absolute atomic E-state index is 0.120. The van der Waals surface area contributed by atoms with E-state index in [1.165, 1.54) is 39.1 Å². The Morgan fingerprint density at radius 3 is 2.01 bits per heavy atom. The molecule has 37 heteroatoms. The Labute approximate surface area is 673 Å². The van der Waals surface area contributed by atoms with Crippen LogP contribution >= 0.6 is 23.2 Å². The van der Waals surface area contributed by atoms with Crippen LogP contribution in [0.4, 0.5) is 10.5 Å². The molecule has 35 nitrogen and oxygen atoms in total. The number of carboxylic acids is 1. The van der Waals surface area contributed by atoms with Crippen LogP contribution in [0.15, 0.2) is 103 Å². The Morgan fingerprint density at radius 1 is 0.741 bits per heavy atom. The number of fused-ring (bicyclic) bond motifs is 16. The molecule has 0 spiro atoms. The smallest absolute Gasteiger partial charge is 0.330 e. The molecule has 9 bridgehead atoms. The molecule has 2 fully saturated rings. The first-order chi connectivity index (χ1) is 54.9. The Balaban J connectivity index is 1.14. The number of aliphatic carboxylic acids is 1. The summed E-state index contributed by atoms with van der Waals surface area (Å²) < 4.78 is 38.6. The minimum atomic E-state index is -3.07. The lowest BCUT2D eigenvalue weighted by Crippen LogP contribution is -2.64. The minimum Gasteiger partial charge on any atom is -0.508 e. The monoisotopic (exact) mass is 1650 g/mol. The molecule has 6 aliphatic heterocycles. The largest absolute Gasteiger partial charge is 0.508 e. The lowest BCUT2D eigenvalue weighted by atomic mass is 9.86. The van der Waals surface area contributed by atoms with Gasteiger partial charge in [-0.2, -0.15) is 0 Å². The molecule has 17 unspecified atom stereocenters. The van der Waals surface area contributed by atoms with Gasteiger partial charge in [-0.15, -0.1) is 0 Å². The number of primary amides is 1. The normalized spacial score (nSPS) is 26.8. The molecule has 17 atom stereocenters. The van der Waals surface area contributed by atoms with Gasteiger partial charge in [0.25, 0.3) is 0 Å². The number of likely N-dealkylation sites (N-methyl/N-ethyl adjacent to an activating group) is 1. The van der Waals surface area contributed by atoms with Gasteiger partial charge in [0.05, 0.1) is 53.8 Å². The summed E-state index contributed by atoms with van der Waals surface area (Å²) in [6, 6.07) is 7.45. The second-order valence-electron chi connectivity index (χ2n) is 29.9. The first kappa shape index (κ1) is 86.7. The van der Waals surface area contributed by atoms with Crippen molar-refractivity contribution >= 4 is 82.2 Å².